The highest BCUT2D eigenvalue weighted by Crippen LogP contribution is 2.20. The van der Waals surface area contributed by atoms with Crippen molar-refractivity contribution in [3.8, 4) is 11.5 Å². The van der Waals surface area contributed by atoms with Gasteiger partial charge >= 0.3 is 0 Å². The van der Waals surface area contributed by atoms with Crippen molar-refractivity contribution in [3.05, 3.63) is 70.1 Å². The van der Waals surface area contributed by atoms with Crippen molar-refractivity contribution >= 4 is 16.9 Å². The lowest BCUT2D eigenvalue weighted by molar-refractivity contribution is 0.0881. The fraction of sp³-hybridized carbons (Fsp3) is 0.333. The summed E-state index contributed by atoms with van der Waals surface area (Å²) in [6, 6.07) is 14.3. The predicted molar refractivity (Wildman–Crippen MR) is 118 cm³/mol. The number of fused-ring (bicyclic) bond motifs is 1. The molecule has 162 valence electrons. The lowest BCUT2D eigenvalue weighted by Crippen LogP contribution is -2.44. The molecule has 2 aromatic carbocycles. The number of piperidine rings is 1. The molecule has 7 heteroatoms. The van der Waals surface area contributed by atoms with E-state index in [4.69, 9.17) is 13.9 Å². The first-order chi connectivity index (χ1) is 15.1. The van der Waals surface area contributed by atoms with Crippen molar-refractivity contribution in [1.29, 1.82) is 0 Å². The summed E-state index contributed by atoms with van der Waals surface area (Å²) in [6.45, 7) is 2.60. The summed E-state index contributed by atoms with van der Waals surface area (Å²) in [5.41, 5.74) is 1.29. The van der Waals surface area contributed by atoms with Gasteiger partial charge in [0.25, 0.3) is 5.91 Å². The Morgan fingerprint density at radius 2 is 1.81 bits per heavy atom. The van der Waals surface area contributed by atoms with Gasteiger partial charge in [0.05, 0.1) is 19.6 Å². The fourth-order valence-corrected chi connectivity index (χ4v) is 3.90. The van der Waals surface area contributed by atoms with Crippen molar-refractivity contribution in [2.24, 2.45) is 0 Å². The Morgan fingerprint density at radius 1 is 1.06 bits per heavy atom. The SMILES string of the molecule is COc1cccc(CN2CCC(NC(=O)c3cc(=O)c4ccc(OC)cc4o3)CC2)c1. The third-order valence-corrected chi connectivity index (χ3v) is 5.62. The van der Waals surface area contributed by atoms with Crippen molar-refractivity contribution in [1.82, 2.24) is 10.2 Å². The van der Waals surface area contributed by atoms with Crippen LogP contribution in [-0.4, -0.2) is 44.2 Å². The van der Waals surface area contributed by atoms with Crippen LogP contribution in [0.1, 0.15) is 29.0 Å². The summed E-state index contributed by atoms with van der Waals surface area (Å²) in [5, 5.41) is 3.43. The van der Waals surface area contributed by atoms with Gasteiger partial charge in [0, 0.05) is 37.8 Å². The summed E-state index contributed by atoms with van der Waals surface area (Å²) in [7, 11) is 3.21. The van der Waals surface area contributed by atoms with Crippen LogP contribution in [0.4, 0.5) is 0 Å². The molecule has 31 heavy (non-hydrogen) atoms. The van der Waals surface area contributed by atoms with E-state index in [0.717, 1.165) is 38.2 Å². The number of benzene rings is 2. The van der Waals surface area contributed by atoms with Crippen LogP contribution in [-0.2, 0) is 6.54 Å². The van der Waals surface area contributed by atoms with Gasteiger partial charge in [0.15, 0.2) is 11.2 Å². The number of rotatable bonds is 6. The minimum absolute atomic E-state index is 0.0181. The standard InChI is InChI=1S/C24H26N2O5/c1-29-18-5-3-4-16(12-18)15-26-10-8-17(9-11-26)25-24(28)23-14-21(27)20-7-6-19(30-2)13-22(20)31-23/h3-7,12-14,17H,8-11,15H2,1-2H3,(H,25,28). The van der Waals surface area contributed by atoms with Crippen molar-refractivity contribution in [2.75, 3.05) is 27.3 Å². The number of amides is 1. The highest BCUT2D eigenvalue weighted by atomic mass is 16.5. The Bertz CT molecular complexity index is 1130. The Kier molecular flexibility index (Phi) is 6.23. The van der Waals surface area contributed by atoms with Gasteiger partial charge in [-0.05, 0) is 42.7 Å². The van der Waals surface area contributed by atoms with E-state index in [0.29, 0.717) is 16.7 Å². The maximum atomic E-state index is 12.7. The molecule has 1 aromatic heterocycles. The zero-order chi connectivity index (χ0) is 21.8. The molecular weight excluding hydrogens is 396 g/mol. The minimum Gasteiger partial charge on any atom is -0.497 e. The molecule has 0 saturated carbocycles. The number of hydrogen-bond donors (Lipinski definition) is 1. The van der Waals surface area contributed by atoms with Crippen molar-refractivity contribution < 1.29 is 18.7 Å². The molecular formula is C24H26N2O5. The number of carbonyl (C=O) groups is 1. The molecule has 3 aromatic rings. The molecule has 0 aliphatic carbocycles. The third-order valence-electron chi connectivity index (χ3n) is 5.62. The zero-order valence-electron chi connectivity index (χ0n) is 17.7. The van der Waals surface area contributed by atoms with Crippen LogP contribution in [0.3, 0.4) is 0 Å². The van der Waals surface area contributed by atoms with Crippen molar-refractivity contribution in [2.45, 2.75) is 25.4 Å². The van der Waals surface area contributed by atoms with E-state index in [1.807, 2.05) is 18.2 Å². The molecule has 1 aliphatic rings. The molecule has 1 saturated heterocycles. The average Bonchev–Trinajstić information content (AvgIpc) is 2.80. The van der Waals surface area contributed by atoms with E-state index in [-0.39, 0.29) is 23.1 Å². The number of hydrogen-bond acceptors (Lipinski definition) is 6. The summed E-state index contributed by atoms with van der Waals surface area (Å²) < 4.78 is 16.2. The molecule has 0 atom stereocenters. The van der Waals surface area contributed by atoms with Gasteiger partial charge in [0.2, 0.25) is 0 Å². The van der Waals surface area contributed by atoms with Gasteiger partial charge in [0.1, 0.15) is 17.1 Å². The predicted octanol–water partition coefficient (Wildman–Crippen LogP) is 3.20. The third kappa shape index (κ3) is 4.88. The Labute approximate surface area is 180 Å². The second-order valence-electron chi connectivity index (χ2n) is 7.71. The van der Waals surface area contributed by atoms with Gasteiger partial charge in [-0.15, -0.1) is 0 Å². The summed E-state index contributed by atoms with van der Waals surface area (Å²) in [4.78, 5) is 27.4. The van der Waals surface area contributed by atoms with Crippen LogP contribution in [0, 0.1) is 0 Å². The Hall–Kier alpha value is -3.32. The highest BCUT2D eigenvalue weighted by Gasteiger charge is 2.23. The van der Waals surface area contributed by atoms with E-state index in [2.05, 4.69) is 16.3 Å². The number of carbonyl (C=O) groups excluding carboxylic acids is 1. The van der Waals surface area contributed by atoms with Crippen LogP contribution in [0.15, 0.2) is 57.7 Å². The Morgan fingerprint density at radius 3 is 2.55 bits per heavy atom. The molecule has 0 spiro atoms. The summed E-state index contributed by atoms with van der Waals surface area (Å²) in [5.74, 6) is 1.07. The normalized spacial score (nSPS) is 15.0. The monoisotopic (exact) mass is 422 g/mol. The number of nitrogens with zero attached hydrogens (tertiary/aromatic N) is 1. The van der Waals surface area contributed by atoms with Gasteiger partial charge in [-0.2, -0.15) is 0 Å². The van der Waals surface area contributed by atoms with Gasteiger partial charge < -0.3 is 19.2 Å². The molecule has 7 nitrogen and oxygen atoms in total. The maximum Gasteiger partial charge on any atom is 0.287 e. The lowest BCUT2D eigenvalue weighted by atomic mass is 10.0. The van der Waals surface area contributed by atoms with Crippen molar-refractivity contribution in [3.63, 3.8) is 0 Å². The molecule has 0 unspecified atom stereocenters. The topological polar surface area (TPSA) is 81.0 Å². The van der Waals surface area contributed by atoms with Crippen LogP contribution in [0.5, 0.6) is 11.5 Å². The largest absolute Gasteiger partial charge is 0.497 e. The van der Waals surface area contributed by atoms with E-state index >= 15 is 0 Å². The number of likely N-dealkylation sites (tertiary alicyclic amines) is 1. The van der Waals surface area contributed by atoms with E-state index < -0.39 is 0 Å². The van der Waals surface area contributed by atoms with Gasteiger partial charge in [-0.1, -0.05) is 12.1 Å². The first kappa shape index (κ1) is 20.9. The van der Waals surface area contributed by atoms with E-state index in [1.54, 1.807) is 25.3 Å². The van der Waals surface area contributed by atoms with Crippen LogP contribution in [0.25, 0.3) is 11.0 Å². The second-order valence-corrected chi connectivity index (χ2v) is 7.71. The molecule has 0 radical (unpaired) electrons. The fourth-order valence-electron chi connectivity index (χ4n) is 3.90. The van der Waals surface area contributed by atoms with Gasteiger partial charge in [-0.25, -0.2) is 0 Å². The summed E-state index contributed by atoms with van der Waals surface area (Å²) >= 11 is 0. The highest BCUT2D eigenvalue weighted by molar-refractivity contribution is 5.93. The van der Waals surface area contributed by atoms with Crippen LogP contribution >= 0.6 is 0 Å². The first-order valence-corrected chi connectivity index (χ1v) is 10.3. The second kappa shape index (κ2) is 9.22. The Balaban J connectivity index is 1.37. The molecule has 4 rings (SSSR count). The smallest absolute Gasteiger partial charge is 0.287 e. The first-order valence-electron chi connectivity index (χ1n) is 10.3. The molecule has 1 fully saturated rings. The van der Waals surface area contributed by atoms with Crippen LogP contribution < -0.4 is 20.2 Å². The lowest BCUT2D eigenvalue weighted by Gasteiger charge is -2.32. The quantitative estimate of drug-likeness (QED) is 0.657. The maximum absolute atomic E-state index is 12.7. The van der Waals surface area contributed by atoms with Crippen LogP contribution in [0.2, 0.25) is 0 Å². The molecule has 1 amide bonds. The van der Waals surface area contributed by atoms with E-state index in [9.17, 15) is 9.59 Å². The van der Waals surface area contributed by atoms with E-state index in [1.165, 1.54) is 18.7 Å². The number of methoxy groups -OCH3 is 2. The summed E-state index contributed by atoms with van der Waals surface area (Å²) in [6.07, 6.45) is 1.67. The minimum atomic E-state index is -0.368. The number of ether oxygens (including phenoxy) is 2. The zero-order valence-corrected chi connectivity index (χ0v) is 17.7. The molecule has 1 aliphatic heterocycles. The molecule has 0 bridgehead atoms. The van der Waals surface area contributed by atoms with Gasteiger partial charge in [-0.3, -0.25) is 14.5 Å². The molecule has 1 N–H and O–H groups in total. The molecule has 2 heterocycles. The number of nitrogens with one attached hydrogen (secondary N) is 1. The average molecular weight is 422 g/mol.